The summed E-state index contributed by atoms with van der Waals surface area (Å²) in [7, 11) is -3.43. The minimum atomic E-state index is -3.43. The highest BCUT2D eigenvalue weighted by Gasteiger charge is 2.20. The quantitative estimate of drug-likeness (QED) is 0.621. The minimum Gasteiger partial charge on any atom is -0.315 e. The molecule has 1 fully saturated rings. The number of halogens is 1. The molecule has 1 aromatic rings. The fourth-order valence-electron chi connectivity index (χ4n) is 2.18. The Balaban J connectivity index is 0.00000220. The molecule has 0 bridgehead atoms. The molecular weight excluding hydrogens is 318 g/mol. The number of sulfonamides is 1. The summed E-state index contributed by atoms with van der Waals surface area (Å²) in [6.07, 6.45) is 1.78. The van der Waals surface area contributed by atoms with Crippen molar-refractivity contribution in [3.63, 3.8) is 0 Å². The Hall–Kier alpha value is -1.22. The number of benzene rings is 1. The van der Waals surface area contributed by atoms with Gasteiger partial charge in [0.25, 0.3) is 5.69 Å². The van der Waals surface area contributed by atoms with Crippen molar-refractivity contribution >= 4 is 28.1 Å². The predicted molar refractivity (Wildman–Crippen MR) is 82.0 cm³/mol. The molecule has 0 saturated carbocycles. The fourth-order valence-corrected chi connectivity index (χ4v) is 3.60. The fraction of sp³-hybridized carbons (Fsp3) is 0.500. The maximum absolute atomic E-state index is 12.0. The molecule has 1 aliphatic heterocycles. The van der Waals surface area contributed by atoms with E-state index in [4.69, 9.17) is 0 Å². The van der Waals surface area contributed by atoms with Crippen LogP contribution in [0.4, 0.5) is 5.69 Å². The third kappa shape index (κ3) is 5.58. The normalized spacial score (nSPS) is 18.8. The van der Waals surface area contributed by atoms with Crippen molar-refractivity contribution < 1.29 is 13.3 Å². The number of non-ortho nitro benzene ring substituents is 1. The standard InChI is InChI=1S/C12H17N3O4S.ClH/c16-15(17)12-5-3-10(4-6-12)9-20(18,19)14-11-2-1-7-13-8-11;/h3-6,11,13-14H,1-2,7-9H2;1H/t11-;/m1./s1. The van der Waals surface area contributed by atoms with Gasteiger partial charge in [0.15, 0.2) is 0 Å². The van der Waals surface area contributed by atoms with E-state index in [0.717, 1.165) is 19.4 Å². The largest absolute Gasteiger partial charge is 0.315 e. The van der Waals surface area contributed by atoms with Crippen LogP contribution in [-0.4, -0.2) is 32.5 Å². The first-order valence-electron chi connectivity index (χ1n) is 6.40. The Labute approximate surface area is 129 Å². The first-order chi connectivity index (χ1) is 9.46. The number of hydrogen-bond acceptors (Lipinski definition) is 5. The minimum absolute atomic E-state index is 0. The molecule has 0 radical (unpaired) electrons. The highest BCUT2D eigenvalue weighted by atomic mass is 35.5. The number of nitro groups is 1. The highest BCUT2D eigenvalue weighted by Crippen LogP contribution is 2.14. The molecule has 1 atom stereocenters. The number of nitro benzene ring substituents is 1. The topological polar surface area (TPSA) is 101 Å². The zero-order chi connectivity index (χ0) is 14.6. The van der Waals surface area contributed by atoms with Crippen molar-refractivity contribution in [2.45, 2.75) is 24.6 Å². The molecule has 1 aliphatic rings. The summed E-state index contributed by atoms with van der Waals surface area (Å²) in [5.74, 6) is -0.165. The van der Waals surface area contributed by atoms with Crippen LogP contribution in [0.3, 0.4) is 0 Å². The number of rotatable bonds is 5. The Morgan fingerprint density at radius 3 is 2.52 bits per heavy atom. The van der Waals surface area contributed by atoms with Gasteiger partial charge >= 0.3 is 0 Å². The van der Waals surface area contributed by atoms with Gasteiger partial charge in [-0.3, -0.25) is 10.1 Å². The predicted octanol–water partition coefficient (Wildman–Crippen LogP) is 1.19. The first kappa shape index (κ1) is 17.8. The van der Waals surface area contributed by atoms with Crippen molar-refractivity contribution in [3.8, 4) is 0 Å². The van der Waals surface area contributed by atoms with Crippen molar-refractivity contribution in [1.29, 1.82) is 0 Å². The molecule has 9 heteroatoms. The molecule has 1 saturated heterocycles. The summed E-state index contributed by atoms with van der Waals surface area (Å²) < 4.78 is 26.7. The van der Waals surface area contributed by atoms with Gasteiger partial charge in [-0.2, -0.15) is 0 Å². The maximum Gasteiger partial charge on any atom is 0.269 e. The molecule has 0 aliphatic carbocycles. The molecule has 2 rings (SSSR count). The summed E-state index contributed by atoms with van der Waals surface area (Å²) in [5.41, 5.74) is 0.488. The second kappa shape index (κ2) is 7.69. The van der Waals surface area contributed by atoms with Crippen LogP contribution in [0.5, 0.6) is 0 Å². The van der Waals surface area contributed by atoms with E-state index in [0.29, 0.717) is 12.1 Å². The molecule has 0 spiro atoms. The van der Waals surface area contributed by atoms with Gasteiger partial charge in [0, 0.05) is 24.7 Å². The van der Waals surface area contributed by atoms with Gasteiger partial charge in [-0.05, 0) is 24.9 Å². The van der Waals surface area contributed by atoms with E-state index < -0.39 is 14.9 Å². The lowest BCUT2D eigenvalue weighted by molar-refractivity contribution is -0.384. The van der Waals surface area contributed by atoms with Crippen LogP contribution in [0, 0.1) is 10.1 Å². The van der Waals surface area contributed by atoms with E-state index in [1.165, 1.54) is 24.3 Å². The lowest BCUT2D eigenvalue weighted by atomic mass is 10.1. The van der Waals surface area contributed by atoms with Crippen molar-refractivity contribution in [2.24, 2.45) is 0 Å². The van der Waals surface area contributed by atoms with Crippen LogP contribution in [-0.2, 0) is 15.8 Å². The van der Waals surface area contributed by atoms with E-state index in [1.807, 2.05) is 0 Å². The molecule has 1 heterocycles. The summed E-state index contributed by atoms with van der Waals surface area (Å²) in [4.78, 5) is 10.0. The molecular formula is C12H18ClN3O4S. The van der Waals surface area contributed by atoms with Crippen LogP contribution >= 0.6 is 12.4 Å². The zero-order valence-corrected chi connectivity index (χ0v) is 13.0. The molecule has 21 heavy (non-hydrogen) atoms. The Morgan fingerprint density at radius 1 is 1.33 bits per heavy atom. The number of nitrogens with one attached hydrogen (secondary N) is 2. The zero-order valence-electron chi connectivity index (χ0n) is 11.3. The van der Waals surface area contributed by atoms with Gasteiger partial charge in [-0.15, -0.1) is 12.4 Å². The van der Waals surface area contributed by atoms with Gasteiger partial charge in [0.05, 0.1) is 10.7 Å². The van der Waals surface area contributed by atoms with E-state index in [-0.39, 0.29) is 29.9 Å². The Kier molecular flexibility index (Phi) is 6.53. The van der Waals surface area contributed by atoms with E-state index in [2.05, 4.69) is 10.0 Å². The Bertz CT molecular complexity index is 571. The summed E-state index contributed by atoms with van der Waals surface area (Å²) in [6, 6.07) is 5.49. The first-order valence-corrected chi connectivity index (χ1v) is 8.05. The van der Waals surface area contributed by atoms with Crippen LogP contribution in [0.15, 0.2) is 24.3 Å². The second-order valence-corrected chi connectivity index (χ2v) is 6.60. The van der Waals surface area contributed by atoms with Gasteiger partial charge in [-0.25, -0.2) is 13.1 Å². The molecule has 118 valence electrons. The molecule has 0 aromatic heterocycles. The van der Waals surface area contributed by atoms with Crippen LogP contribution in [0.1, 0.15) is 18.4 Å². The SMILES string of the molecule is Cl.O=[N+]([O-])c1ccc(CS(=O)(=O)N[C@@H]2CCCNC2)cc1. The summed E-state index contributed by atoms with van der Waals surface area (Å²) in [5, 5.41) is 13.7. The summed E-state index contributed by atoms with van der Waals surface area (Å²) in [6.45, 7) is 1.56. The van der Waals surface area contributed by atoms with Crippen molar-refractivity contribution in [3.05, 3.63) is 39.9 Å². The number of nitrogens with zero attached hydrogens (tertiary/aromatic N) is 1. The maximum atomic E-state index is 12.0. The van der Waals surface area contributed by atoms with Gasteiger partial charge in [0.1, 0.15) is 0 Å². The van der Waals surface area contributed by atoms with Crippen molar-refractivity contribution in [1.82, 2.24) is 10.0 Å². The van der Waals surface area contributed by atoms with Crippen LogP contribution in [0.25, 0.3) is 0 Å². The average Bonchev–Trinajstić information content (AvgIpc) is 2.39. The van der Waals surface area contributed by atoms with Gasteiger partial charge < -0.3 is 5.32 Å². The van der Waals surface area contributed by atoms with E-state index in [9.17, 15) is 18.5 Å². The molecule has 0 unspecified atom stereocenters. The van der Waals surface area contributed by atoms with E-state index in [1.54, 1.807) is 0 Å². The lowest BCUT2D eigenvalue weighted by Crippen LogP contribution is -2.45. The van der Waals surface area contributed by atoms with Crippen LogP contribution < -0.4 is 10.0 Å². The van der Waals surface area contributed by atoms with Crippen LogP contribution in [0.2, 0.25) is 0 Å². The Morgan fingerprint density at radius 2 is 2.00 bits per heavy atom. The number of piperidine rings is 1. The van der Waals surface area contributed by atoms with Crippen molar-refractivity contribution in [2.75, 3.05) is 13.1 Å². The highest BCUT2D eigenvalue weighted by molar-refractivity contribution is 7.88. The lowest BCUT2D eigenvalue weighted by Gasteiger charge is -2.23. The molecule has 1 aromatic carbocycles. The second-order valence-electron chi connectivity index (χ2n) is 4.84. The molecule has 0 amide bonds. The monoisotopic (exact) mass is 335 g/mol. The smallest absolute Gasteiger partial charge is 0.269 e. The van der Waals surface area contributed by atoms with E-state index >= 15 is 0 Å². The third-order valence-electron chi connectivity index (χ3n) is 3.15. The average molecular weight is 336 g/mol. The summed E-state index contributed by atoms with van der Waals surface area (Å²) >= 11 is 0. The molecule has 7 nitrogen and oxygen atoms in total. The number of hydrogen-bond donors (Lipinski definition) is 2. The van der Waals surface area contributed by atoms with Gasteiger partial charge in [0.2, 0.25) is 10.0 Å². The molecule has 2 N–H and O–H groups in total. The van der Waals surface area contributed by atoms with Gasteiger partial charge in [-0.1, -0.05) is 12.1 Å². The third-order valence-corrected chi connectivity index (χ3v) is 4.55.